The number of thiophene rings is 1. The lowest BCUT2D eigenvalue weighted by Crippen LogP contribution is -2.38. The second-order valence-electron chi connectivity index (χ2n) is 23.0. The third kappa shape index (κ3) is 8.22. The molecule has 0 amide bonds. The van der Waals surface area contributed by atoms with Crippen LogP contribution in [0.2, 0.25) is 39.3 Å². The van der Waals surface area contributed by atoms with E-state index in [1.807, 2.05) is 11.3 Å². The molecule has 0 saturated carbocycles. The van der Waals surface area contributed by atoms with Gasteiger partial charge in [0.25, 0.3) is 0 Å². The topological polar surface area (TPSA) is 11.4 Å². The summed E-state index contributed by atoms with van der Waals surface area (Å²) in [5.41, 5.74) is 12.7. The molecule has 0 radical (unpaired) electrons. The molecule has 12 aromatic carbocycles. The summed E-state index contributed by atoms with van der Waals surface area (Å²) in [4.78, 5) is 5.00. The van der Waals surface area contributed by atoms with Crippen LogP contribution in [-0.4, -0.2) is 20.7 Å². The van der Waals surface area contributed by atoms with Gasteiger partial charge in [-0.15, -0.1) is 11.3 Å². The summed E-state index contributed by atoms with van der Waals surface area (Å²) in [6, 6.07) is 93.6. The zero-order chi connectivity index (χ0) is 52.9. The fourth-order valence-electron chi connectivity index (χ4n) is 12.0. The SMILES string of the molecule is C[Si](C)(C)c1cccc(N(c2ccccc2)c2cc(N(c3cccc(-c4ccc5c6ccccc6n(-c6ccc7c8ccccc8c8ccccc8c7c6)c5c4)c3)c3ccc4sc5ccccc5c4c3)cc([Si](C)(C)C)c2)c1. The smallest absolute Gasteiger partial charge is 0.0777 e. The molecule has 14 rings (SSSR count). The van der Waals surface area contributed by atoms with Gasteiger partial charge >= 0.3 is 0 Å². The zero-order valence-electron chi connectivity index (χ0n) is 44.9. The largest absolute Gasteiger partial charge is 0.310 e. The average molecular weight is 1050 g/mol. The van der Waals surface area contributed by atoms with E-state index in [9.17, 15) is 0 Å². The van der Waals surface area contributed by atoms with E-state index < -0.39 is 16.1 Å². The van der Waals surface area contributed by atoms with Crippen molar-refractivity contribution in [3.8, 4) is 16.8 Å². The van der Waals surface area contributed by atoms with Crippen LogP contribution in [0.1, 0.15) is 0 Å². The second-order valence-corrected chi connectivity index (χ2v) is 34.3. The lowest BCUT2D eigenvalue weighted by atomic mass is 9.94. The van der Waals surface area contributed by atoms with Crippen molar-refractivity contribution in [3.63, 3.8) is 0 Å². The summed E-state index contributed by atoms with van der Waals surface area (Å²) in [6.07, 6.45) is 0. The monoisotopic (exact) mass is 1050 g/mol. The summed E-state index contributed by atoms with van der Waals surface area (Å²) in [5, 5.41) is 15.5. The van der Waals surface area contributed by atoms with E-state index in [1.165, 1.54) is 95.9 Å². The van der Waals surface area contributed by atoms with Crippen molar-refractivity contribution in [2.45, 2.75) is 39.3 Å². The highest BCUT2D eigenvalue weighted by molar-refractivity contribution is 7.25. The van der Waals surface area contributed by atoms with E-state index >= 15 is 0 Å². The van der Waals surface area contributed by atoms with Gasteiger partial charge in [0.15, 0.2) is 0 Å². The first-order valence-electron chi connectivity index (χ1n) is 27.2. The van der Waals surface area contributed by atoms with E-state index in [0.29, 0.717) is 0 Å². The molecule has 0 aliphatic rings. The van der Waals surface area contributed by atoms with E-state index in [0.717, 1.165) is 39.7 Å². The number of benzene rings is 12. The van der Waals surface area contributed by atoms with Gasteiger partial charge in [-0.3, -0.25) is 0 Å². The number of nitrogens with zero attached hydrogens (tertiary/aromatic N) is 3. The number of hydrogen-bond acceptors (Lipinski definition) is 3. The maximum atomic E-state index is 2.52. The van der Waals surface area contributed by atoms with Crippen LogP contribution < -0.4 is 20.2 Å². The Bertz CT molecular complexity index is 4640. The lowest BCUT2D eigenvalue weighted by Gasteiger charge is -2.32. The summed E-state index contributed by atoms with van der Waals surface area (Å²) in [7, 11) is -3.57. The average Bonchev–Trinajstić information content (AvgIpc) is 4.15. The first-order chi connectivity index (χ1) is 37.9. The quantitative estimate of drug-likeness (QED) is 0.0999. The van der Waals surface area contributed by atoms with Gasteiger partial charge in [-0.05, 0) is 147 Å². The fraction of sp³-hybridized carbons (Fsp3) is 0.0833. The highest BCUT2D eigenvalue weighted by Crippen LogP contribution is 2.45. The molecule has 0 bridgehead atoms. The van der Waals surface area contributed by atoms with Gasteiger partial charge in [-0.1, -0.05) is 195 Å². The van der Waals surface area contributed by atoms with Crippen LogP contribution >= 0.6 is 11.3 Å². The van der Waals surface area contributed by atoms with Crippen molar-refractivity contribution in [1.82, 2.24) is 4.57 Å². The van der Waals surface area contributed by atoms with Gasteiger partial charge in [-0.2, -0.15) is 0 Å². The van der Waals surface area contributed by atoms with Gasteiger partial charge in [0, 0.05) is 70.8 Å². The third-order valence-corrected chi connectivity index (χ3v) is 21.2. The molecule has 2 aromatic heterocycles. The Morgan fingerprint density at radius 1 is 0.282 bits per heavy atom. The number of fused-ring (bicyclic) bond motifs is 12. The molecule has 0 unspecified atom stereocenters. The van der Waals surface area contributed by atoms with E-state index in [2.05, 4.69) is 302 Å². The first-order valence-corrected chi connectivity index (χ1v) is 35.0. The molecule has 2 heterocycles. The molecule has 0 spiro atoms. The zero-order valence-corrected chi connectivity index (χ0v) is 47.7. The molecule has 0 fully saturated rings. The Morgan fingerprint density at radius 3 is 1.49 bits per heavy atom. The number of aromatic nitrogens is 1. The Balaban J connectivity index is 0.970. The molecular weight excluding hydrogens is 995 g/mol. The van der Waals surface area contributed by atoms with Crippen molar-refractivity contribution in [2.75, 3.05) is 9.80 Å². The van der Waals surface area contributed by atoms with Crippen LogP contribution in [0.25, 0.3) is 91.1 Å². The maximum Gasteiger partial charge on any atom is 0.0777 e. The van der Waals surface area contributed by atoms with Gasteiger partial charge in [-0.25, -0.2) is 0 Å². The molecule has 3 nitrogen and oxygen atoms in total. The normalized spacial score (nSPS) is 12.2. The summed E-state index contributed by atoms with van der Waals surface area (Å²) < 4.78 is 5.08. The Hall–Kier alpha value is -8.53. The lowest BCUT2D eigenvalue weighted by molar-refractivity contribution is 1.19. The van der Waals surface area contributed by atoms with Crippen LogP contribution in [0.4, 0.5) is 34.1 Å². The standard InChI is InChI=1S/C72H59N3SSi2/c1-77(2,3)57-25-19-24-52(43-57)73(50-21-8-7-9-22-50)55-42-56(45-58(44-55)78(4,5)6)74(53-36-39-72-68(47-53)66-31-15-17-33-71(66)76-72)51-23-18-20-48(40-51)49-34-37-65-64-30-14-16-32-69(64)75(70(65)41-49)54-35-38-63-61-28-11-10-26-59(61)60-27-12-13-29-62(60)67(63)46-54/h7-47H,1-6H3. The molecule has 6 heteroatoms. The molecule has 0 aliphatic heterocycles. The molecule has 0 saturated heterocycles. The van der Waals surface area contributed by atoms with E-state index in [4.69, 9.17) is 0 Å². The maximum absolute atomic E-state index is 2.52. The van der Waals surface area contributed by atoms with Crippen LogP contribution in [0.3, 0.4) is 0 Å². The molecular formula is C72H59N3SSi2. The van der Waals surface area contributed by atoms with Crippen LogP contribution in [0.5, 0.6) is 0 Å². The number of para-hydroxylation sites is 2. The van der Waals surface area contributed by atoms with Gasteiger partial charge in [0.1, 0.15) is 0 Å². The first kappa shape index (κ1) is 47.9. The number of anilines is 6. The van der Waals surface area contributed by atoms with Gasteiger partial charge in [0.2, 0.25) is 0 Å². The molecule has 0 N–H and O–H groups in total. The minimum Gasteiger partial charge on any atom is -0.310 e. The summed E-state index contributed by atoms with van der Waals surface area (Å²) in [6.45, 7) is 14.7. The second kappa shape index (κ2) is 18.6. The van der Waals surface area contributed by atoms with Gasteiger partial charge in [0.05, 0.1) is 27.2 Å². The predicted octanol–water partition coefficient (Wildman–Crippen LogP) is 20.3. The van der Waals surface area contributed by atoms with E-state index in [-0.39, 0.29) is 0 Å². The highest BCUT2D eigenvalue weighted by Gasteiger charge is 2.26. The third-order valence-electron chi connectivity index (χ3n) is 16.0. The van der Waals surface area contributed by atoms with Crippen molar-refractivity contribution in [1.29, 1.82) is 0 Å². The van der Waals surface area contributed by atoms with Crippen molar-refractivity contribution in [2.24, 2.45) is 0 Å². The Kier molecular flexibility index (Phi) is 11.4. The minimum absolute atomic E-state index is 1.10. The molecule has 78 heavy (non-hydrogen) atoms. The Morgan fingerprint density at radius 2 is 0.782 bits per heavy atom. The summed E-state index contributed by atoms with van der Waals surface area (Å²) in [5.74, 6) is 0. The predicted molar refractivity (Wildman–Crippen MR) is 347 cm³/mol. The summed E-state index contributed by atoms with van der Waals surface area (Å²) >= 11 is 1.87. The van der Waals surface area contributed by atoms with Crippen LogP contribution in [-0.2, 0) is 0 Å². The number of rotatable bonds is 10. The van der Waals surface area contributed by atoms with E-state index in [1.54, 1.807) is 0 Å². The minimum atomic E-state index is -1.93. The molecule has 14 aromatic rings. The van der Waals surface area contributed by atoms with Crippen molar-refractivity contribution >= 4 is 146 Å². The molecule has 376 valence electrons. The Labute approximate surface area is 462 Å². The van der Waals surface area contributed by atoms with Crippen LogP contribution in [0.15, 0.2) is 249 Å². The van der Waals surface area contributed by atoms with Crippen molar-refractivity contribution in [3.05, 3.63) is 249 Å². The molecule has 0 atom stereocenters. The van der Waals surface area contributed by atoms with Gasteiger partial charge < -0.3 is 14.4 Å². The highest BCUT2D eigenvalue weighted by atomic mass is 32.1. The van der Waals surface area contributed by atoms with Crippen LogP contribution in [0, 0.1) is 0 Å². The molecule has 0 aliphatic carbocycles. The number of hydrogen-bond donors (Lipinski definition) is 0. The fourth-order valence-corrected chi connectivity index (χ4v) is 15.4. The van der Waals surface area contributed by atoms with Crippen molar-refractivity contribution < 1.29 is 0 Å².